The van der Waals surface area contributed by atoms with E-state index in [0.717, 1.165) is 18.2 Å². The van der Waals surface area contributed by atoms with Crippen LogP contribution in [0.2, 0.25) is 0 Å². The Labute approximate surface area is 235 Å². The van der Waals surface area contributed by atoms with Gasteiger partial charge in [-0.1, -0.05) is 66.7 Å². The zero-order valence-electron chi connectivity index (χ0n) is 22.5. The fraction of sp³-hybridized carbons (Fsp3) is 0.194. The SMILES string of the molecule is COC(=O)c1nc(C2CCc3ccccc3N2C(=O)OCc2ccccc2)n(C)c(=O)c1OC(=O)c1ccccc1. The summed E-state index contributed by atoms with van der Waals surface area (Å²) < 4.78 is 17.1. The number of aryl methyl sites for hydroxylation is 1. The highest BCUT2D eigenvalue weighted by molar-refractivity contribution is 5.95. The summed E-state index contributed by atoms with van der Waals surface area (Å²) in [6.07, 6.45) is 0.332. The average molecular weight is 554 g/mol. The molecule has 1 amide bonds. The van der Waals surface area contributed by atoms with Crippen LogP contribution in [-0.2, 0) is 29.5 Å². The summed E-state index contributed by atoms with van der Waals surface area (Å²) in [5.41, 5.74) is 1.28. The van der Waals surface area contributed by atoms with Gasteiger partial charge in [0.1, 0.15) is 12.4 Å². The molecule has 0 spiro atoms. The van der Waals surface area contributed by atoms with Crippen molar-refractivity contribution in [1.82, 2.24) is 9.55 Å². The number of amides is 1. The number of para-hydroxylation sites is 1. The van der Waals surface area contributed by atoms with Gasteiger partial charge in [0.2, 0.25) is 5.75 Å². The molecule has 10 nitrogen and oxygen atoms in total. The van der Waals surface area contributed by atoms with Gasteiger partial charge in [0.15, 0.2) is 5.69 Å². The van der Waals surface area contributed by atoms with Crippen LogP contribution in [0.5, 0.6) is 5.75 Å². The minimum Gasteiger partial charge on any atom is -0.464 e. The van der Waals surface area contributed by atoms with Crippen molar-refractivity contribution >= 4 is 23.7 Å². The minimum atomic E-state index is -0.964. The van der Waals surface area contributed by atoms with Gasteiger partial charge in [-0.25, -0.2) is 19.4 Å². The lowest BCUT2D eigenvalue weighted by Gasteiger charge is -2.36. The van der Waals surface area contributed by atoms with E-state index >= 15 is 0 Å². The van der Waals surface area contributed by atoms with Crippen molar-refractivity contribution in [2.45, 2.75) is 25.5 Å². The summed E-state index contributed by atoms with van der Waals surface area (Å²) in [4.78, 5) is 58.6. The number of hydrogen-bond donors (Lipinski definition) is 0. The van der Waals surface area contributed by atoms with Crippen LogP contribution in [0.15, 0.2) is 89.7 Å². The molecule has 0 fully saturated rings. The molecule has 2 heterocycles. The Morgan fingerprint density at radius 3 is 2.27 bits per heavy atom. The molecule has 1 aromatic heterocycles. The van der Waals surface area contributed by atoms with Crippen molar-refractivity contribution in [3.63, 3.8) is 0 Å². The third-order valence-electron chi connectivity index (χ3n) is 6.82. The summed E-state index contributed by atoms with van der Waals surface area (Å²) in [6.45, 7) is 0.0409. The molecule has 208 valence electrons. The van der Waals surface area contributed by atoms with Crippen molar-refractivity contribution in [3.8, 4) is 5.75 Å². The zero-order valence-corrected chi connectivity index (χ0v) is 22.5. The van der Waals surface area contributed by atoms with Crippen molar-refractivity contribution in [2.75, 3.05) is 12.0 Å². The molecule has 0 saturated heterocycles. The first kappa shape index (κ1) is 27.3. The van der Waals surface area contributed by atoms with Crippen molar-refractivity contribution < 1.29 is 28.6 Å². The predicted octanol–water partition coefficient (Wildman–Crippen LogP) is 4.62. The molecular weight excluding hydrogens is 526 g/mol. The largest absolute Gasteiger partial charge is 0.464 e. The van der Waals surface area contributed by atoms with Gasteiger partial charge < -0.3 is 14.2 Å². The Hall–Kier alpha value is -5.25. The lowest BCUT2D eigenvalue weighted by molar-refractivity contribution is 0.0583. The number of anilines is 1. The van der Waals surface area contributed by atoms with Crippen LogP contribution in [0.4, 0.5) is 10.5 Å². The van der Waals surface area contributed by atoms with E-state index in [2.05, 4.69) is 4.98 Å². The average Bonchev–Trinajstić information content (AvgIpc) is 3.02. The molecule has 4 aromatic rings. The smallest absolute Gasteiger partial charge is 0.415 e. The van der Waals surface area contributed by atoms with Crippen molar-refractivity contribution in [2.24, 2.45) is 7.05 Å². The summed E-state index contributed by atoms with van der Waals surface area (Å²) in [7, 11) is 2.58. The standard InChI is InChI=1S/C31H27N3O7/c1-33-27(32-25(30(37)39-2)26(28(33)35)41-29(36)22-14-7-4-8-15-22)24-18-17-21-13-9-10-16-23(21)34(24)31(38)40-19-20-11-5-3-6-12-20/h3-16,24H,17-19H2,1-2H3. The minimum absolute atomic E-state index is 0.0409. The molecule has 10 heteroatoms. The molecule has 0 aliphatic carbocycles. The number of methoxy groups -OCH3 is 1. The van der Waals surface area contributed by atoms with Gasteiger partial charge in [-0.2, -0.15) is 0 Å². The lowest BCUT2D eigenvalue weighted by atomic mass is 9.95. The maximum atomic E-state index is 13.6. The molecule has 5 rings (SSSR count). The van der Waals surface area contributed by atoms with Crippen LogP contribution in [0.1, 0.15) is 50.3 Å². The first-order chi connectivity index (χ1) is 19.9. The lowest BCUT2D eigenvalue weighted by Crippen LogP contribution is -2.42. The Balaban J connectivity index is 1.56. The zero-order chi connectivity index (χ0) is 28.9. The van der Waals surface area contributed by atoms with E-state index in [9.17, 15) is 19.2 Å². The number of carbonyl (C=O) groups excluding carboxylic acids is 3. The monoisotopic (exact) mass is 553 g/mol. The highest BCUT2D eigenvalue weighted by Gasteiger charge is 2.37. The third kappa shape index (κ3) is 5.58. The number of rotatable bonds is 6. The Morgan fingerprint density at radius 1 is 0.902 bits per heavy atom. The van der Waals surface area contributed by atoms with Gasteiger partial charge >= 0.3 is 18.0 Å². The molecule has 0 bridgehead atoms. The second-order valence-electron chi connectivity index (χ2n) is 9.35. The van der Waals surface area contributed by atoms with E-state index in [1.807, 2.05) is 42.5 Å². The quantitative estimate of drug-likeness (QED) is 0.318. The van der Waals surface area contributed by atoms with E-state index in [0.29, 0.717) is 18.5 Å². The van der Waals surface area contributed by atoms with Gasteiger partial charge in [-0.3, -0.25) is 14.3 Å². The second kappa shape index (κ2) is 11.9. The van der Waals surface area contributed by atoms with E-state index in [1.54, 1.807) is 30.3 Å². The van der Waals surface area contributed by atoms with Crippen LogP contribution in [0.25, 0.3) is 0 Å². The van der Waals surface area contributed by atoms with Crippen LogP contribution < -0.4 is 15.2 Å². The van der Waals surface area contributed by atoms with Gasteiger partial charge in [0.25, 0.3) is 5.56 Å². The predicted molar refractivity (Wildman–Crippen MR) is 149 cm³/mol. The summed E-state index contributed by atoms with van der Waals surface area (Å²) in [5.74, 6) is -2.25. The molecule has 1 atom stereocenters. The van der Waals surface area contributed by atoms with Crippen LogP contribution >= 0.6 is 0 Å². The molecule has 1 unspecified atom stereocenters. The maximum Gasteiger partial charge on any atom is 0.415 e. The van der Waals surface area contributed by atoms with E-state index in [4.69, 9.17) is 14.2 Å². The molecule has 0 N–H and O–H groups in total. The highest BCUT2D eigenvalue weighted by atomic mass is 16.6. The van der Waals surface area contributed by atoms with Crippen LogP contribution in [-0.4, -0.2) is 34.7 Å². The molecule has 0 saturated carbocycles. The number of ether oxygens (including phenoxy) is 3. The first-order valence-corrected chi connectivity index (χ1v) is 12.9. The normalized spacial score (nSPS) is 14.1. The number of fused-ring (bicyclic) bond motifs is 1. The first-order valence-electron chi connectivity index (χ1n) is 12.9. The van der Waals surface area contributed by atoms with Crippen molar-refractivity contribution in [3.05, 3.63) is 123 Å². The number of benzene rings is 3. The number of aromatic nitrogens is 2. The van der Waals surface area contributed by atoms with Gasteiger partial charge in [-0.05, 0) is 42.2 Å². The Bertz CT molecular complexity index is 1650. The topological polar surface area (TPSA) is 117 Å². The fourth-order valence-corrected chi connectivity index (χ4v) is 4.75. The molecule has 1 aliphatic heterocycles. The van der Waals surface area contributed by atoms with Crippen molar-refractivity contribution in [1.29, 1.82) is 0 Å². The van der Waals surface area contributed by atoms with E-state index < -0.39 is 41.1 Å². The highest BCUT2D eigenvalue weighted by Crippen LogP contribution is 2.38. The molecule has 1 aliphatic rings. The summed E-state index contributed by atoms with van der Waals surface area (Å²) in [6, 6.07) is 23.9. The molecule has 41 heavy (non-hydrogen) atoms. The fourth-order valence-electron chi connectivity index (χ4n) is 4.75. The third-order valence-corrected chi connectivity index (χ3v) is 6.82. The summed E-state index contributed by atoms with van der Waals surface area (Å²) in [5, 5.41) is 0. The van der Waals surface area contributed by atoms with E-state index in [-0.39, 0.29) is 18.0 Å². The molecular formula is C31H27N3O7. The number of hydrogen-bond acceptors (Lipinski definition) is 8. The number of esters is 2. The summed E-state index contributed by atoms with van der Waals surface area (Å²) >= 11 is 0. The van der Waals surface area contributed by atoms with E-state index in [1.165, 1.54) is 28.6 Å². The van der Waals surface area contributed by atoms with Gasteiger partial charge in [-0.15, -0.1) is 0 Å². The van der Waals surface area contributed by atoms with Gasteiger partial charge in [0, 0.05) is 7.05 Å². The second-order valence-corrected chi connectivity index (χ2v) is 9.35. The molecule has 3 aromatic carbocycles. The van der Waals surface area contributed by atoms with Crippen LogP contribution in [0, 0.1) is 0 Å². The number of nitrogens with zero attached hydrogens (tertiary/aromatic N) is 3. The van der Waals surface area contributed by atoms with Crippen LogP contribution in [0.3, 0.4) is 0 Å². The Morgan fingerprint density at radius 2 is 1.56 bits per heavy atom. The molecule has 0 radical (unpaired) electrons. The van der Waals surface area contributed by atoms with Gasteiger partial charge in [0.05, 0.1) is 24.4 Å². The number of carbonyl (C=O) groups is 3. The maximum absolute atomic E-state index is 13.6. The Kier molecular flexibility index (Phi) is 7.91.